The molecule has 1 aromatic rings. The summed E-state index contributed by atoms with van der Waals surface area (Å²) in [6.45, 7) is 23.8. The maximum Gasteiger partial charge on any atom is 0.373 e. The van der Waals surface area contributed by atoms with Crippen LogP contribution in [0, 0.1) is 62.6 Å². The van der Waals surface area contributed by atoms with E-state index in [0.717, 1.165) is 50.6 Å². The molecule has 1 heterocycles. The number of ether oxygens (including phenoxy) is 1. The molecule has 6 aliphatic rings. The molecule has 0 N–H and O–H groups in total. The topological polar surface area (TPSA) is 90.4 Å². The van der Waals surface area contributed by atoms with E-state index in [-0.39, 0.29) is 50.7 Å². The monoisotopic (exact) mass is 699 g/mol. The fourth-order valence-electron chi connectivity index (χ4n) is 14.2. The highest BCUT2D eigenvalue weighted by Crippen LogP contribution is 2.78. The molecule has 5 unspecified atom stereocenters. The first-order valence-electron chi connectivity index (χ1n) is 20.2. The lowest BCUT2D eigenvalue weighted by Crippen LogP contribution is -2.67. The molecule has 10 atom stereocenters. The van der Waals surface area contributed by atoms with Crippen LogP contribution >= 0.6 is 0 Å². The van der Waals surface area contributed by atoms with E-state index in [1.807, 2.05) is 12.3 Å². The Morgan fingerprint density at radius 3 is 2.20 bits per heavy atom. The lowest BCUT2D eigenvalue weighted by molar-refractivity contribution is -0.249. The molecule has 6 aliphatic carbocycles. The molecule has 0 aromatic carbocycles. The number of carbonyl (C=O) groups excluding carboxylic acids is 4. The Hall–Kier alpha value is -2.59. The third-order valence-corrected chi connectivity index (χ3v) is 17.0. The van der Waals surface area contributed by atoms with Gasteiger partial charge in [0, 0.05) is 41.0 Å². The number of carbonyl (C=O) groups is 2. The van der Waals surface area contributed by atoms with Crippen LogP contribution < -0.4 is 0 Å². The molecule has 6 nitrogen and oxygen atoms in total. The van der Waals surface area contributed by atoms with Crippen LogP contribution in [0.4, 0.5) is 0 Å². The van der Waals surface area contributed by atoms with Crippen molar-refractivity contribution in [3.05, 3.63) is 42.2 Å². The van der Waals surface area contributed by atoms with Gasteiger partial charge in [-0.15, -0.1) is 0 Å². The predicted molar refractivity (Wildman–Crippen MR) is 198 cm³/mol. The van der Waals surface area contributed by atoms with E-state index >= 15 is 0 Å². The largest absolute Gasteiger partial charge is 0.462 e. The average molecular weight is 700 g/mol. The van der Waals surface area contributed by atoms with E-state index in [2.05, 4.69) is 74.1 Å². The Morgan fingerprint density at radius 1 is 0.882 bits per heavy atom. The number of fused-ring (bicyclic) bond motifs is 7. The van der Waals surface area contributed by atoms with Crippen molar-refractivity contribution in [1.29, 1.82) is 0 Å². The molecule has 7 rings (SSSR count). The number of hydrogen-bond donors (Lipinski definition) is 0. The van der Waals surface area contributed by atoms with Crippen molar-refractivity contribution in [3.63, 3.8) is 0 Å². The van der Waals surface area contributed by atoms with Gasteiger partial charge in [0.25, 0.3) is 0 Å². The number of esters is 1. The van der Waals surface area contributed by atoms with E-state index in [4.69, 9.17) is 19.3 Å². The zero-order chi connectivity index (χ0) is 37.2. The number of nitrogens with zero attached hydrogens (tertiary/aromatic N) is 1. The van der Waals surface area contributed by atoms with Gasteiger partial charge < -0.3 is 4.74 Å². The first kappa shape index (κ1) is 38.1. The molecule has 0 spiro atoms. The van der Waals surface area contributed by atoms with Crippen LogP contribution in [0.25, 0.3) is 0 Å². The van der Waals surface area contributed by atoms with Crippen LogP contribution in [0.15, 0.2) is 36.5 Å². The first-order valence-corrected chi connectivity index (χ1v) is 20.2. The van der Waals surface area contributed by atoms with Crippen molar-refractivity contribution in [3.8, 4) is 0 Å². The smallest absolute Gasteiger partial charge is 0.373 e. The predicted octanol–water partition coefficient (Wildman–Crippen LogP) is 10.1. The Morgan fingerprint density at radius 2 is 1.59 bits per heavy atom. The molecule has 0 amide bonds. The van der Waals surface area contributed by atoms with Gasteiger partial charge in [0.2, 0.25) is 0 Å². The summed E-state index contributed by atoms with van der Waals surface area (Å²) in [6, 6.07) is 6.24. The lowest BCUT2D eigenvalue weighted by Gasteiger charge is -2.73. The van der Waals surface area contributed by atoms with Gasteiger partial charge in [0.15, 0.2) is 0 Å². The fraction of sp³-hybridized carbons (Fsp3) is 0.778. The zero-order valence-electron chi connectivity index (χ0n) is 32.9. The second-order valence-electron chi connectivity index (χ2n) is 20.0. The van der Waals surface area contributed by atoms with E-state index < -0.39 is 0 Å². The second-order valence-corrected chi connectivity index (χ2v) is 20.0. The third-order valence-electron chi connectivity index (χ3n) is 17.0. The minimum Gasteiger partial charge on any atom is -0.462 e. The molecule has 1 aromatic heterocycles. The van der Waals surface area contributed by atoms with Crippen LogP contribution in [0.5, 0.6) is 0 Å². The molecule has 6 fully saturated rings. The maximum absolute atomic E-state index is 14.9. The van der Waals surface area contributed by atoms with Crippen LogP contribution in [0.2, 0.25) is 0 Å². The molecule has 0 saturated heterocycles. The molecule has 280 valence electrons. The summed E-state index contributed by atoms with van der Waals surface area (Å²) in [5, 5.41) is 0. The summed E-state index contributed by atoms with van der Waals surface area (Å²) in [6.07, 6.45) is 17.0. The SMILES string of the molecule is C=C(C)[C@@H]1CC[C@]2(C(=O)CC3(c4ccccn4)CC3)CC[C@]3(C)C(CCC4[C@@]5(C)CCC(OC(=O)CC(C)C)C(C)(C)C5CC[C@]43C)C12.O=C=O. The Balaban J connectivity index is 0.00000144. The fourth-order valence-corrected chi connectivity index (χ4v) is 14.2. The molecular formula is C45H65NO5. The number of pyridine rings is 1. The van der Waals surface area contributed by atoms with Crippen molar-refractivity contribution < 1.29 is 23.9 Å². The van der Waals surface area contributed by atoms with Crippen molar-refractivity contribution in [2.45, 2.75) is 157 Å². The Kier molecular flexibility index (Phi) is 10.00. The summed E-state index contributed by atoms with van der Waals surface area (Å²) in [4.78, 5) is 48.8. The number of hydrogen-bond acceptors (Lipinski definition) is 6. The molecule has 6 heteroatoms. The number of aromatic nitrogens is 1. The third kappa shape index (κ3) is 5.93. The first-order chi connectivity index (χ1) is 24.0. The maximum atomic E-state index is 14.9. The quantitative estimate of drug-likeness (QED) is 0.198. The highest BCUT2D eigenvalue weighted by molar-refractivity contribution is 5.87. The molecule has 0 radical (unpaired) electrons. The standard InChI is InChI=1S/C44H65NO3.CO2/c1-28(2)26-37(47)48-36-17-18-40(7)32(39(36,5)6)16-19-42(9)33(40)14-13-31-38-30(29(3)4)15-20-44(38,24-21-41(31,42)8)35(46)27-43(22-23-43)34-12-10-11-25-45-34;2-1-3/h10-12,25,28,30-33,36,38H,3,13-24,26-27H2,1-2,4-9H3;/t30-,31?,32?,33?,36?,38?,40-,41+,42+,44+;/m0./s1. The van der Waals surface area contributed by atoms with Crippen molar-refractivity contribution >= 4 is 17.9 Å². The minimum absolute atomic E-state index is 0.00933. The van der Waals surface area contributed by atoms with Crippen molar-refractivity contribution in [2.24, 2.45) is 62.6 Å². The number of ketones is 1. The number of allylic oxidation sites excluding steroid dienone is 1. The van der Waals surface area contributed by atoms with Gasteiger partial charge in [-0.05, 0) is 148 Å². The summed E-state index contributed by atoms with van der Waals surface area (Å²) < 4.78 is 6.28. The molecule has 0 aliphatic heterocycles. The van der Waals surface area contributed by atoms with E-state index in [1.54, 1.807) is 0 Å². The van der Waals surface area contributed by atoms with Gasteiger partial charge in [-0.1, -0.05) is 66.7 Å². The van der Waals surface area contributed by atoms with Gasteiger partial charge in [-0.2, -0.15) is 9.59 Å². The Labute approximate surface area is 307 Å². The molecular weight excluding hydrogens is 634 g/mol. The van der Waals surface area contributed by atoms with Gasteiger partial charge >= 0.3 is 12.1 Å². The van der Waals surface area contributed by atoms with Crippen LogP contribution in [-0.4, -0.2) is 29.0 Å². The summed E-state index contributed by atoms with van der Waals surface area (Å²) in [5.74, 6) is 3.49. The van der Waals surface area contributed by atoms with E-state index in [9.17, 15) is 9.59 Å². The Bertz CT molecular complexity index is 1540. The molecule has 6 saturated carbocycles. The van der Waals surface area contributed by atoms with Gasteiger partial charge in [0.1, 0.15) is 11.9 Å². The zero-order valence-corrected chi connectivity index (χ0v) is 32.9. The van der Waals surface area contributed by atoms with Gasteiger partial charge in [-0.25, -0.2) is 0 Å². The highest BCUT2D eigenvalue weighted by atomic mass is 16.5. The van der Waals surface area contributed by atoms with Crippen LogP contribution in [0.3, 0.4) is 0 Å². The van der Waals surface area contributed by atoms with Crippen molar-refractivity contribution in [1.82, 2.24) is 4.98 Å². The minimum atomic E-state index is -0.206. The summed E-state index contributed by atoms with van der Waals surface area (Å²) in [7, 11) is 0. The molecule has 0 bridgehead atoms. The van der Waals surface area contributed by atoms with Crippen LogP contribution in [0.1, 0.15) is 151 Å². The van der Waals surface area contributed by atoms with E-state index in [0.29, 0.717) is 54.1 Å². The average Bonchev–Trinajstić information content (AvgIpc) is 3.73. The summed E-state index contributed by atoms with van der Waals surface area (Å²) in [5.41, 5.74) is 2.84. The highest BCUT2D eigenvalue weighted by Gasteiger charge is 2.72. The van der Waals surface area contributed by atoms with Gasteiger partial charge in [0.05, 0.1) is 0 Å². The van der Waals surface area contributed by atoms with Gasteiger partial charge in [-0.3, -0.25) is 14.6 Å². The summed E-state index contributed by atoms with van der Waals surface area (Å²) >= 11 is 0. The number of Topliss-reactive ketones (excluding diaryl/α,β-unsaturated/α-hetero) is 1. The molecule has 51 heavy (non-hydrogen) atoms. The second kappa shape index (κ2) is 13.4. The van der Waals surface area contributed by atoms with Crippen molar-refractivity contribution in [2.75, 3.05) is 0 Å². The van der Waals surface area contributed by atoms with Crippen LogP contribution in [-0.2, 0) is 29.3 Å². The lowest BCUT2D eigenvalue weighted by atomic mass is 9.32. The number of rotatable bonds is 8. The van der Waals surface area contributed by atoms with E-state index in [1.165, 1.54) is 37.7 Å². The normalized spacial score (nSPS) is 41.3.